The Morgan fingerprint density at radius 2 is 2.05 bits per heavy atom. The number of benzene rings is 1. The summed E-state index contributed by atoms with van der Waals surface area (Å²) in [5, 5.41) is 2.37. The molecule has 3 N–H and O–H groups in total. The molecule has 2 rings (SSSR count). The van der Waals surface area contributed by atoms with Crippen molar-refractivity contribution in [3.63, 3.8) is 0 Å². The Morgan fingerprint density at radius 3 is 2.52 bits per heavy atom. The van der Waals surface area contributed by atoms with Crippen LogP contribution in [-0.2, 0) is 11.0 Å². The monoisotopic (exact) mass is 364 g/mol. The number of carbonyl (C=O) groups excluding carboxylic acids is 1. The first-order valence-electron chi connectivity index (χ1n) is 6.62. The Hall–Kier alpha value is -1.08. The van der Waals surface area contributed by atoms with Crippen molar-refractivity contribution in [2.45, 2.75) is 31.9 Å². The Bertz CT molecular complexity index is 536. The van der Waals surface area contributed by atoms with E-state index >= 15 is 0 Å². The molecule has 1 saturated carbocycles. The van der Waals surface area contributed by atoms with Crippen LogP contribution in [0.25, 0.3) is 0 Å². The summed E-state index contributed by atoms with van der Waals surface area (Å²) in [5.74, 6) is -0.423. The van der Waals surface area contributed by atoms with Crippen LogP contribution in [0.2, 0.25) is 0 Å². The maximum absolute atomic E-state index is 13.0. The van der Waals surface area contributed by atoms with Gasteiger partial charge in [-0.2, -0.15) is 13.2 Å². The molecule has 1 aliphatic rings. The number of halogens is 4. The number of anilines is 1. The third-order valence-electron chi connectivity index (χ3n) is 3.94. The van der Waals surface area contributed by atoms with Crippen LogP contribution in [0.4, 0.5) is 18.9 Å². The Balaban J connectivity index is 2.14. The van der Waals surface area contributed by atoms with Gasteiger partial charge in [0.1, 0.15) is 0 Å². The first kappa shape index (κ1) is 16.3. The summed E-state index contributed by atoms with van der Waals surface area (Å²) in [6.07, 6.45) is -1.64. The van der Waals surface area contributed by atoms with Crippen LogP contribution in [0.5, 0.6) is 0 Å². The lowest BCUT2D eigenvalue weighted by atomic mass is 9.66. The van der Waals surface area contributed by atoms with E-state index in [2.05, 4.69) is 21.2 Å². The van der Waals surface area contributed by atoms with Crippen molar-refractivity contribution < 1.29 is 18.0 Å². The van der Waals surface area contributed by atoms with Gasteiger partial charge in [-0.15, -0.1) is 0 Å². The molecule has 0 atom stereocenters. The molecule has 0 unspecified atom stereocenters. The minimum absolute atomic E-state index is 0.164. The maximum Gasteiger partial charge on any atom is 0.418 e. The summed E-state index contributed by atoms with van der Waals surface area (Å²) in [5.41, 5.74) is 4.34. The molecule has 116 valence electrons. The summed E-state index contributed by atoms with van der Waals surface area (Å²) >= 11 is 3.01. The summed E-state index contributed by atoms with van der Waals surface area (Å²) in [4.78, 5) is 12.0. The molecule has 0 bridgehead atoms. The van der Waals surface area contributed by atoms with Gasteiger partial charge < -0.3 is 11.1 Å². The number of alkyl halides is 3. The molecule has 21 heavy (non-hydrogen) atoms. The average molecular weight is 365 g/mol. The quantitative estimate of drug-likeness (QED) is 0.850. The summed E-state index contributed by atoms with van der Waals surface area (Å²) in [7, 11) is 0. The fraction of sp³-hybridized carbons (Fsp3) is 0.500. The van der Waals surface area contributed by atoms with E-state index in [1.807, 2.05) is 0 Å². The summed E-state index contributed by atoms with van der Waals surface area (Å²) < 4.78 is 39.2. The lowest BCUT2D eigenvalue weighted by Crippen LogP contribution is -2.40. The van der Waals surface area contributed by atoms with Crippen molar-refractivity contribution in [1.29, 1.82) is 0 Å². The van der Waals surface area contributed by atoms with Crippen LogP contribution in [-0.4, -0.2) is 12.5 Å². The van der Waals surface area contributed by atoms with Gasteiger partial charge in [0.15, 0.2) is 0 Å². The molecule has 0 spiro atoms. The summed E-state index contributed by atoms with van der Waals surface area (Å²) in [6.45, 7) is 0.382. The highest BCUT2D eigenvalue weighted by Gasteiger charge is 2.38. The zero-order chi connectivity index (χ0) is 15.7. The van der Waals surface area contributed by atoms with Gasteiger partial charge in [-0.25, -0.2) is 0 Å². The van der Waals surface area contributed by atoms with E-state index in [9.17, 15) is 18.0 Å². The minimum Gasteiger partial charge on any atom is -0.330 e. The molecule has 0 saturated heterocycles. The molecule has 7 heteroatoms. The highest BCUT2D eigenvalue weighted by molar-refractivity contribution is 9.10. The van der Waals surface area contributed by atoms with Gasteiger partial charge in [0, 0.05) is 10.9 Å². The largest absolute Gasteiger partial charge is 0.418 e. The molecule has 0 radical (unpaired) electrons. The highest BCUT2D eigenvalue weighted by Crippen LogP contribution is 2.43. The topological polar surface area (TPSA) is 55.1 Å². The number of hydrogen-bond donors (Lipinski definition) is 2. The fourth-order valence-electron chi connectivity index (χ4n) is 2.52. The van der Waals surface area contributed by atoms with E-state index in [1.165, 1.54) is 12.1 Å². The Morgan fingerprint density at radius 1 is 1.38 bits per heavy atom. The van der Waals surface area contributed by atoms with Crippen LogP contribution < -0.4 is 11.1 Å². The first-order valence-corrected chi connectivity index (χ1v) is 7.42. The second-order valence-corrected chi connectivity index (χ2v) is 6.39. The zero-order valence-corrected chi connectivity index (χ0v) is 12.9. The fourth-order valence-corrected chi connectivity index (χ4v) is 2.89. The molecule has 1 amide bonds. The van der Waals surface area contributed by atoms with Gasteiger partial charge in [-0.05, 0) is 43.0 Å². The van der Waals surface area contributed by atoms with Gasteiger partial charge in [0.05, 0.1) is 11.3 Å². The Labute approximate surface area is 129 Å². The molecule has 1 aliphatic carbocycles. The summed E-state index contributed by atoms with van der Waals surface area (Å²) in [6, 6.07) is 3.67. The number of hydrogen-bond acceptors (Lipinski definition) is 2. The van der Waals surface area contributed by atoms with Gasteiger partial charge in [0.2, 0.25) is 5.91 Å². The average Bonchev–Trinajstić information content (AvgIpc) is 2.35. The Kier molecular flexibility index (Phi) is 4.63. The number of carbonyl (C=O) groups is 1. The van der Waals surface area contributed by atoms with Crippen LogP contribution in [0.15, 0.2) is 22.7 Å². The van der Waals surface area contributed by atoms with Crippen LogP contribution in [0.1, 0.15) is 31.2 Å². The van der Waals surface area contributed by atoms with Gasteiger partial charge in [-0.1, -0.05) is 22.4 Å². The van der Waals surface area contributed by atoms with Crippen molar-refractivity contribution in [2.24, 2.45) is 11.1 Å². The number of amides is 1. The molecule has 0 aromatic heterocycles. The van der Waals surface area contributed by atoms with Crippen molar-refractivity contribution in [3.05, 3.63) is 28.2 Å². The lowest BCUT2D eigenvalue weighted by molar-refractivity contribution is -0.137. The number of nitrogens with one attached hydrogen (secondary N) is 1. The van der Waals surface area contributed by atoms with E-state index in [0.717, 1.165) is 25.3 Å². The normalized spacial score (nSPS) is 17.2. The standard InChI is InChI=1S/C14H16BrF3N2O/c15-9-2-3-11(10(6-9)14(16,17)18)20-12(21)7-13(8-19)4-1-5-13/h2-3,6H,1,4-5,7-8,19H2,(H,20,21). The van der Waals surface area contributed by atoms with E-state index in [0.29, 0.717) is 11.0 Å². The van der Waals surface area contributed by atoms with E-state index in [-0.39, 0.29) is 17.5 Å². The van der Waals surface area contributed by atoms with Crippen LogP contribution in [0.3, 0.4) is 0 Å². The zero-order valence-electron chi connectivity index (χ0n) is 11.3. The van der Waals surface area contributed by atoms with Crippen LogP contribution in [0, 0.1) is 5.41 Å². The van der Waals surface area contributed by atoms with Gasteiger partial charge in [0.25, 0.3) is 0 Å². The minimum atomic E-state index is -4.52. The SMILES string of the molecule is NCC1(CC(=O)Nc2ccc(Br)cc2C(F)(F)F)CCC1. The maximum atomic E-state index is 13.0. The molecular formula is C14H16BrF3N2O. The number of nitrogens with two attached hydrogens (primary N) is 1. The second kappa shape index (κ2) is 5.96. The highest BCUT2D eigenvalue weighted by atomic mass is 79.9. The van der Waals surface area contributed by atoms with E-state index in [4.69, 9.17) is 5.73 Å². The molecule has 1 aromatic carbocycles. The van der Waals surface area contributed by atoms with Crippen molar-refractivity contribution >= 4 is 27.5 Å². The van der Waals surface area contributed by atoms with Crippen molar-refractivity contribution in [3.8, 4) is 0 Å². The molecule has 0 heterocycles. The molecular weight excluding hydrogens is 349 g/mol. The first-order chi connectivity index (χ1) is 9.76. The van der Waals surface area contributed by atoms with Crippen molar-refractivity contribution in [2.75, 3.05) is 11.9 Å². The predicted octanol–water partition coefficient (Wildman–Crippen LogP) is 3.93. The van der Waals surface area contributed by atoms with E-state index in [1.54, 1.807) is 0 Å². The van der Waals surface area contributed by atoms with Gasteiger partial charge in [-0.3, -0.25) is 4.79 Å². The van der Waals surface area contributed by atoms with Crippen molar-refractivity contribution in [1.82, 2.24) is 0 Å². The molecule has 0 aliphatic heterocycles. The molecule has 3 nitrogen and oxygen atoms in total. The lowest BCUT2D eigenvalue weighted by Gasteiger charge is -2.40. The van der Waals surface area contributed by atoms with Crippen LogP contribution >= 0.6 is 15.9 Å². The third kappa shape index (κ3) is 3.77. The third-order valence-corrected chi connectivity index (χ3v) is 4.44. The predicted molar refractivity (Wildman–Crippen MR) is 77.7 cm³/mol. The number of rotatable bonds is 4. The smallest absolute Gasteiger partial charge is 0.330 e. The molecule has 1 aromatic rings. The van der Waals surface area contributed by atoms with Gasteiger partial charge >= 0.3 is 6.18 Å². The van der Waals surface area contributed by atoms with E-state index < -0.39 is 17.6 Å². The second-order valence-electron chi connectivity index (χ2n) is 5.47. The molecule has 1 fully saturated rings.